The van der Waals surface area contributed by atoms with Gasteiger partial charge in [0.25, 0.3) is 0 Å². The van der Waals surface area contributed by atoms with Gasteiger partial charge in [0.2, 0.25) is 15.9 Å². The Bertz CT molecular complexity index is 687. The van der Waals surface area contributed by atoms with Gasteiger partial charge in [-0.1, -0.05) is 26.0 Å². The summed E-state index contributed by atoms with van der Waals surface area (Å²) in [5.41, 5.74) is 6.88. The number of nitrogens with one attached hydrogen (secondary N) is 1. The van der Waals surface area contributed by atoms with Gasteiger partial charge in [-0.05, 0) is 36.5 Å². The first-order valence-electron chi connectivity index (χ1n) is 9.10. The summed E-state index contributed by atoms with van der Waals surface area (Å²) in [5, 5.41) is 2.83. The lowest BCUT2D eigenvalue weighted by Gasteiger charge is -2.26. The van der Waals surface area contributed by atoms with Gasteiger partial charge in [0.15, 0.2) is 0 Å². The van der Waals surface area contributed by atoms with Crippen LogP contribution in [0.3, 0.4) is 0 Å². The fourth-order valence-corrected chi connectivity index (χ4v) is 4.55. The van der Waals surface area contributed by atoms with E-state index in [9.17, 15) is 13.2 Å². The van der Waals surface area contributed by atoms with Crippen LogP contribution in [0.2, 0.25) is 0 Å². The number of ether oxygens (including phenoxy) is 1. The molecule has 1 saturated heterocycles. The maximum atomic E-state index is 12.5. The molecule has 1 amide bonds. The first kappa shape index (κ1) is 23.8. The van der Waals surface area contributed by atoms with Crippen LogP contribution >= 0.6 is 12.4 Å². The summed E-state index contributed by atoms with van der Waals surface area (Å²) >= 11 is 0. The standard InChI is InChI=1S/C18H29N3O4S.ClH/c1-3-21(4-2)26(23,24)16-7-5-14(6-8-16)13-20-18(22)17(19)15-9-11-25-12-10-15;/h5-8,15,17H,3-4,9-13,19H2,1-2H3,(H,20,22);1H. The van der Waals surface area contributed by atoms with Crippen LogP contribution in [0.25, 0.3) is 0 Å². The number of hydrogen-bond donors (Lipinski definition) is 2. The number of hydrogen-bond acceptors (Lipinski definition) is 5. The molecule has 1 aromatic rings. The molecular formula is C18H30ClN3O4S. The van der Waals surface area contributed by atoms with Crippen molar-refractivity contribution in [1.29, 1.82) is 0 Å². The van der Waals surface area contributed by atoms with Gasteiger partial charge in [0.1, 0.15) is 0 Å². The van der Waals surface area contributed by atoms with E-state index < -0.39 is 16.1 Å². The van der Waals surface area contributed by atoms with Crippen molar-refractivity contribution in [3.05, 3.63) is 29.8 Å². The van der Waals surface area contributed by atoms with E-state index >= 15 is 0 Å². The molecule has 1 unspecified atom stereocenters. The van der Waals surface area contributed by atoms with Crippen LogP contribution in [0.5, 0.6) is 0 Å². The second kappa shape index (κ2) is 11.0. The first-order chi connectivity index (χ1) is 12.4. The van der Waals surface area contributed by atoms with E-state index in [1.807, 2.05) is 13.8 Å². The molecule has 1 aliphatic rings. The number of amides is 1. The molecule has 1 aliphatic heterocycles. The predicted octanol–water partition coefficient (Wildman–Crippen LogP) is 1.51. The number of carbonyl (C=O) groups is 1. The van der Waals surface area contributed by atoms with Crippen molar-refractivity contribution >= 4 is 28.3 Å². The highest BCUT2D eigenvalue weighted by atomic mass is 35.5. The number of rotatable bonds is 8. The van der Waals surface area contributed by atoms with Crippen molar-refractivity contribution in [1.82, 2.24) is 9.62 Å². The number of nitrogens with two attached hydrogens (primary N) is 1. The van der Waals surface area contributed by atoms with Crippen molar-refractivity contribution in [3.8, 4) is 0 Å². The second-order valence-corrected chi connectivity index (χ2v) is 8.36. The van der Waals surface area contributed by atoms with Gasteiger partial charge in [-0.25, -0.2) is 8.42 Å². The molecule has 9 heteroatoms. The summed E-state index contributed by atoms with van der Waals surface area (Å²) in [7, 11) is -3.46. The third-order valence-corrected chi connectivity index (χ3v) is 6.87. The molecule has 1 atom stereocenters. The molecule has 0 spiro atoms. The lowest BCUT2D eigenvalue weighted by atomic mass is 9.92. The number of nitrogens with zero attached hydrogens (tertiary/aromatic N) is 1. The molecule has 0 radical (unpaired) electrons. The zero-order valence-corrected chi connectivity index (χ0v) is 17.5. The minimum atomic E-state index is -3.46. The molecule has 0 saturated carbocycles. The Labute approximate surface area is 168 Å². The zero-order valence-electron chi connectivity index (χ0n) is 15.9. The lowest BCUT2D eigenvalue weighted by molar-refractivity contribution is -0.124. The van der Waals surface area contributed by atoms with E-state index in [-0.39, 0.29) is 29.1 Å². The van der Waals surface area contributed by atoms with Gasteiger partial charge in [-0.2, -0.15) is 4.31 Å². The monoisotopic (exact) mass is 419 g/mol. The number of benzene rings is 1. The van der Waals surface area contributed by atoms with Crippen LogP contribution in [0, 0.1) is 5.92 Å². The number of halogens is 1. The van der Waals surface area contributed by atoms with Gasteiger partial charge in [0.05, 0.1) is 10.9 Å². The number of carbonyl (C=O) groups excluding carboxylic acids is 1. The fraction of sp³-hybridized carbons (Fsp3) is 0.611. The molecule has 27 heavy (non-hydrogen) atoms. The summed E-state index contributed by atoms with van der Waals surface area (Å²) in [4.78, 5) is 12.5. The molecule has 0 aromatic heterocycles. The molecule has 154 valence electrons. The van der Waals surface area contributed by atoms with E-state index in [1.165, 1.54) is 4.31 Å². The molecule has 2 rings (SSSR count). The average Bonchev–Trinajstić information content (AvgIpc) is 2.67. The van der Waals surface area contributed by atoms with Gasteiger partial charge in [-0.15, -0.1) is 12.4 Å². The van der Waals surface area contributed by atoms with Crippen LogP contribution < -0.4 is 11.1 Å². The molecule has 0 aliphatic carbocycles. The van der Waals surface area contributed by atoms with Crippen LogP contribution in [-0.2, 0) is 26.1 Å². The van der Waals surface area contributed by atoms with Gasteiger partial charge >= 0.3 is 0 Å². The van der Waals surface area contributed by atoms with Crippen molar-refractivity contribution in [2.45, 2.75) is 44.2 Å². The van der Waals surface area contributed by atoms with E-state index in [1.54, 1.807) is 24.3 Å². The highest BCUT2D eigenvalue weighted by molar-refractivity contribution is 7.89. The quantitative estimate of drug-likeness (QED) is 0.665. The van der Waals surface area contributed by atoms with Gasteiger partial charge in [0, 0.05) is 32.8 Å². The van der Waals surface area contributed by atoms with Crippen molar-refractivity contribution in [2.75, 3.05) is 26.3 Å². The third kappa shape index (κ3) is 6.15. The molecule has 0 bridgehead atoms. The van der Waals surface area contributed by atoms with Crippen molar-refractivity contribution in [3.63, 3.8) is 0 Å². The molecule has 1 fully saturated rings. The molecule has 1 heterocycles. The summed E-state index contributed by atoms with van der Waals surface area (Å²) in [6.45, 7) is 6.10. The Balaban J connectivity index is 0.00000364. The van der Waals surface area contributed by atoms with Gasteiger partial charge < -0.3 is 15.8 Å². The summed E-state index contributed by atoms with van der Waals surface area (Å²) in [6.07, 6.45) is 1.60. The lowest BCUT2D eigenvalue weighted by Crippen LogP contribution is -2.46. The summed E-state index contributed by atoms with van der Waals surface area (Å²) in [5.74, 6) is -0.0397. The Kier molecular flexibility index (Phi) is 9.69. The number of sulfonamides is 1. The maximum absolute atomic E-state index is 12.5. The topological polar surface area (TPSA) is 102 Å². The van der Waals surface area contributed by atoms with Crippen LogP contribution in [0.4, 0.5) is 0 Å². The fourth-order valence-electron chi connectivity index (χ4n) is 3.09. The van der Waals surface area contributed by atoms with E-state index in [0.29, 0.717) is 32.8 Å². The van der Waals surface area contributed by atoms with Crippen molar-refractivity contribution < 1.29 is 17.9 Å². The van der Waals surface area contributed by atoms with Crippen LogP contribution in [0.15, 0.2) is 29.2 Å². The SMILES string of the molecule is CCN(CC)S(=O)(=O)c1ccc(CNC(=O)C(N)C2CCOCC2)cc1.Cl. The smallest absolute Gasteiger partial charge is 0.243 e. The third-order valence-electron chi connectivity index (χ3n) is 4.81. The molecule has 3 N–H and O–H groups in total. The van der Waals surface area contributed by atoms with E-state index in [2.05, 4.69) is 5.32 Å². The highest BCUT2D eigenvalue weighted by Gasteiger charge is 2.26. The summed E-state index contributed by atoms with van der Waals surface area (Å²) in [6, 6.07) is 6.05. The van der Waals surface area contributed by atoms with E-state index in [0.717, 1.165) is 18.4 Å². The largest absolute Gasteiger partial charge is 0.381 e. The average molecular weight is 420 g/mol. The Morgan fingerprint density at radius 1 is 1.22 bits per heavy atom. The first-order valence-corrected chi connectivity index (χ1v) is 10.5. The molecular weight excluding hydrogens is 390 g/mol. The summed E-state index contributed by atoms with van der Waals surface area (Å²) < 4.78 is 31.6. The zero-order chi connectivity index (χ0) is 19.2. The maximum Gasteiger partial charge on any atom is 0.243 e. The minimum Gasteiger partial charge on any atom is -0.381 e. The second-order valence-electron chi connectivity index (χ2n) is 6.43. The predicted molar refractivity (Wildman–Crippen MR) is 107 cm³/mol. The Morgan fingerprint density at radius 3 is 2.30 bits per heavy atom. The molecule has 1 aromatic carbocycles. The van der Waals surface area contributed by atoms with E-state index in [4.69, 9.17) is 10.5 Å². The normalized spacial score (nSPS) is 16.6. The van der Waals surface area contributed by atoms with Crippen LogP contribution in [0.1, 0.15) is 32.3 Å². The van der Waals surface area contributed by atoms with Gasteiger partial charge in [-0.3, -0.25) is 4.79 Å². The Morgan fingerprint density at radius 2 is 1.78 bits per heavy atom. The van der Waals surface area contributed by atoms with Crippen molar-refractivity contribution in [2.24, 2.45) is 11.7 Å². The Hall–Kier alpha value is -1.19. The highest BCUT2D eigenvalue weighted by Crippen LogP contribution is 2.18. The minimum absolute atomic E-state index is 0. The molecule has 7 nitrogen and oxygen atoms in total. The van der Waals surface area contributed by atoms with Crippen LogP contribution in [-0.4, -0.2) is 51.0 Å².